The van der Waals surface area contributed by atoms with Crippen molar-refractivity contribution in [2.45, 2.75) is 26.4 Å². The topological polar surface area (TPSA) is 101 Å². The highest BCUT2D eigenvalue weighted by Crippen LogP contribution is 2.31. The maximum absolute atomic E-state index is 11.9. The smallest absolute Gasteiger partial charge is 0.267 e. The summed E-state index contributed by atoms with van der Waals surface area (Å²) in [4.78, 5) is 24.0. The van der Waals surface area contributed by atoms with E-state index >= 15 is 0 Å². The van der Waals surface area contributed by atoms with E-state index in [-0.39, 0.29) is 0 Å². The molecule has 0 spiro atoms. The third kappa shape index (κ3) is 3.58. The Labute approximate surface area is 186 Å². The van der Waals surface area contributed by atoms with E-state index in [0.29, 0.717) is 18.1 Å². The number of amides is 1. The molecule has 0 atom stereocenters. The van der Waals surface area contributed by atoms with Gasteiger partial charge in [0.15, 0.2) is 5.82 Å². The number of fused-ring (bicyclic) bond motifs is 2. The highest BCUT2D eigenvalue weighted by molar-refractivity contribution is 5.93. The predicted octanol–water partition coefficient (Wildman–Crippen LogP) is 2.80. The van der Waals surface area contributed by atoms with Crippen LogP contribution in [0.4, 0.5) is 5.82 Å². The first-order valence-electron chi connectivity index (χ1n) is 10.7. The molecule has 162 valence electrons. The molecule has 4 heterocycles. The van der Waals surface area contributed by atoms with Crippen molar-refractivity contribution in [3.63, 3.8) is 0 Å². The Kier molecular flexibility index (Phi) is 5.07. The van der Waals surface area contributed by atoms with E-state index in [1.165, 1.54) is 5.56 Å². The van der Waals surface area contributed by atoms with Gasteiger partial charge < -0.3 is 16.0 Å². The van der Waals surface area contributed by atoms with E-state index in [9.17, 15) is 4.79 Å². The van der Waals surface area contributed by atoms with Gasteiger partial charge in [0, 0.05) is 25.2 Å². The number of hydrogen-bond donors (Lipinski definition) is 2. The zero-order valence-corrected chi connectivity index (χ0v) is 18.2. The van der Waals surface area contributed by atoms with Crippen LogP contribution in [-0.2, 0) is 19.5 Å². The molecule has 3 N–H and O–H groups in total. The first-order valence-corrected chi connectivity index (χ1v) is 10.7. The van der Waals surface area contributed by atoms with Gasteiger partial charge in [0.25, 0.3) is 5.91 Å². The van der Waals surface area contributed by atoms with Gasteiger partial charge in [0.2, 0.25) is 0 Å². The van der Waals surface area contributed by atoms with Crippen LogP contribution in [0.25, 0.3) is 16.9 Å². The number of anilines is 1. The van der Waals surface area contributed by atoms with E-state index in [1.807, 2.05) is 31.2 Å². The highest BCUT2D eigenvalue weighted by Gasteiger charge is 2.24. The predicted molar refractivity (Wildman–Crippen MR) is 123 cm³/mol. The molecule has 1 amide bonds. The summed E-state index contributed by atoms with van der Waals surface area (Å²) in [5.74, 6) is 0.929. The quantitative estimate of drug-likeness (QED) is 0.508. The Morgan fingerprint density at radius 1 is 1.12 bits per heavy atom. The lowest BCUT2D eigenvalue weighted by molar-refractivity contribution is 0.0993. The second kappa shape index (κ2) is 8.05. The van der Waals surface area contributed by atoms with Gasteiger partial charge in [-0.3, -0.25) is 4.79 Å². The van der Waals surface area contributed by atoms with Crippen molar-refractivity contribution >= 4 is 17.2 Å². The van der Waals surface area contributed by atoms with Gasteiger partial charge in [-0.15, -0.1) is 0 Å². The number of pyridine rings is 1. The normalized spacial score (nSPS) is 13.8. The van der Waals surface area contributed by atoms with Crippen molar-refractivity contribution in [1.29, 1.82) is 0 Å². The van der Waals surface area contributed by atoms with Gasteiger partial charge in [0.05, 0.1) is 22.5 Å². The molecule has 0 unspecified atom stereocenters. The minimum absolute atomic E-state index is 0.331. The van der Waals surface area contributed by atoms with E-state index < -0.39 is 5.91 Å². The van der Waals surface area contributed by atoms with Crippen LogP contribution in [0.3, 0.4) is 0 Å². The largest absolute Gasteiger partial charge is 0.366 e. The highest BCUT2D eigenvalue weighted by atomic mass is 16.1. The first kappa shape index (κ1) is 20.1. The molecule has 8 nitrogen and oxygen atoms in total. The molecule has 0 radical (unpaired) electrons. The SMILES string of the molecule is Cc1nn2c(C(N)=O)cccc2c1-c1nc2c(c(NCc3ccccc3)n1)CCN(C)C2. The van der Waals surface area contributed by atoms with Gasteiger partial charge in [-0.25, -0.2) is 14.5 Å². The van der Waals surface area contributed by atoms with Crippen molar-refractivity contribution in [3.8, 4) is 11.4 Å². The van der Waals surface area contributed by atoms with Gasteiger partial charge in [-0.2, -0.15) is 5.10 Å². The third-order valence-electron chi connectivity index (χ3n) is 5.87. The third-order valence-corrected chi connectivity index (χ3v) is 5.87. The van der Waals surface area contributed by atoms with Crippen molar-refractivity contribution < 1.29 is 4.79 Å². The molecule has 8 heteroatoms. The molecule has 32 heavy (non-hydrogen) atoms. The molecule has 0 fully saturated rings. The van der Waals surface area contributed by atoms with Gasteiger partial charge in [0.1, 0.15) is 11.5 Å². The number of aromatic nitrogens is 4. The number of likely N-dealkylation sites (N-methyl/N-ethyl adjacent to an activating group) is 1. The van der Waals surface area contributed by atoms with Crippen molar-refractivity contribution in [3.05, 3.63) is 76.7 Å². The minimum atomic E-state index is -0.525. The average Bonchev–Trinajstić information content (AvgIpc) is 3.13. The van der Waals surface area contributed by atoms with E-state index in [2.05, 4.69) is 34.5 Å². The average molecular weight is 428 g/mol. The van der Waals surface area contributed by atoms with Gasteiger partial charge in [-0.1, -0.05) is 36.4 Å². The fourth-order valence-corrected chi connectivity index (χ4v) is 4.25. The van der Waals surface area contributed by atoms with Crippen LogP contribution in [0.5, 0.6) is 0 Å². The maximum Gasteiger partial charge on any atom is 0.267 e. The monoisotopic (exact) mass is 427 g/mol. The number of aryl methyl sites for hydroxylation is 1. The number of hydrogen-bond acceptors (Lipinski definition) is 6. The Bertz CT molecular complexity index is 1310. The summed E-state index contributed by atoms with van der Waals surface area (Å²) >= 11 is 0. The summed E-state index contributed by atoms with van der Waals surface area (Å²) in [6, 6.07) is 15.6. The second-order valence-electron chi connectivity index (χ2n) is 8.18. The summed E-state index contributed by atoms with van der Waals surface area (Å²) in [5.41, 5.74) is 11.6. The van der Waals surface area contributed by atoms with Crippen LogP contribution in [0.2, 0.25) is 0 Å². The summed E-state index contributed by atoms with van der Waals surface area (Å²) in [7, 11) is 2.10. The zero-order chi connectivity index (χ0) is 22.2. The van der Waals surface area contributed by atoms with Crippen molar-refractivity contribution in [2.75, 3.05) is 18.9 Å². The molecule has 3 aromatic heterocycles. The lowest BCUT2D eigenvalue weighted by atomic mass is 10.0. The molecule has 5 rings (SSSR count). The lowest BCUT2D eigenvalue weighted by Gasteiger charge is -2.26. The molecule has 1 aliphatic heterocycles. The molecular weight excluding hydrogens is 402 g/mol. The summed E-state index contributed by atoms with van der Waals surface area (Å²) in [6.07, 6.45) is 0.892. The molecule has 0 bridgehead atoms. The fourth-order valence-electron chi connectivity index (χ4n) is 4.25. The Morgan fingerprint density at radius 2 is 1.94 bits per heavy atom. The van der Waals surface area contributed by atoms with Crippen LogP contribution in [0.15, 0.2) is 48.5 Å². The molecule has 4 aromatic rings. The Balaban J connectivity index is 1.63. The number of carbonyl (C=O) groups is 1. The van der Waals surface area contributed by atoms with Crippen molar-refractivity contribution in [1.82, 2.24) is 24.5 Å². The van der Waals surface area contributed by atoms with E-state index in [4.69, 9.17) is 15.7 Å². The van der Waals surface area contributed by atoms with Crippen LogP contribution in [-0.4, -0.2) is 44.0 Å². The number of primary amides is 1. The number of nitrogens with zero attached hydrogens (tertiary/aromatic N) is 5. The van der Waals surface area contributed by atoms with E-state index in [1.54, 1.807) is 16.6 Å². The molecule has 0 aliphatic carbocycles. The number of carbonyl (C=O) groups excluding carboxylic acids is 1. The van der Waals surface area contributed by atoms with Gasteiger partial charge in [-0.05, 0) is 38.1 Å². The molecule has 0 saturated carbocycles. The van der Waals surface area contributed by atoms with Gasteiger partial charge >= 0.3 is 0 Å². The minimum Gasteiger partial charge on any atom is -0.366 e. The first-order chi connectivity index (χ1) is 15.5. The van der Waals surface area contributed by atoms with Crippen LogP contribution < -0.4 is 11.1 Å². The lowest BCUT2D eigenvalue weighted by Crippen LogP contribution is -2.29. The molecular formula is C24H25N7O. The van der Waals surface area contributed by atoms with E-state index in [0.717, 1.165) is 53.4 Å². The fraction of sp³-hybridized carbons (Fsp3) is 0.250. The zero-order valence-electron chi connectivity index (χ0n) is 18.2. The number of nitrogens with one attached hydrogen (secondary N) is 1. The van der Waals surface area contributed by atoms with Crippen LogP contribution in [0, 0.1) is 6.92 Å². The molecule has 0 saturated heterocycles. The maximum atomic E-state index is 11.9. The Hall–Kier alpha value is -3.78. The summed E-state index contributed by atoms with van der Waals surface area (Å²) in [6.45, 7) is 4.31. The summed E-state index contributed by atoms with van der Waals surface area (Å²) in [5, 5.41) is 8.10. The number of nitrogens with two attached hydrogens (primary N) is 1. The molecule has 1 aliphatic rings. The van der Waals surface area contributed by atoms with Crippen LogP contribution in [0.1, 0.15) is 33.0 Å². The number of benzene rings is 1. The standard InChI is InChI=1S/C24H25N7O/c1-15-21(19-9-6-10-20(22(25)32)31(19)29-15)24-27-18-14-30(2)12-11-17(18)23(28-24)26-13-16-7-4-3-5-8-16/h3-10H,11-14H2,1-2H3,(H2,25,32)(H,26,27,28). The summed E-state index contributed by atoms with van der Waals surface area (Å²) < 4.78 is 1.58. The van der Waals surface area contributed by atoms with Crippen LogP contribution >= 0.6 is 0 Å². The second-order valence-corrected chi connectivity index (χ2v) is 8.18. The Morgan fingerprint density at radius 3 is 2.72 bits per heavy atom. The number of rotatable bonds is 5. The van der Waals surface area contributed by atoms with Crippen molar-refractivity contribution in [2.24, 2.45) is 5.73 Å². The molecule has 1 aromatic carbocycles.